The number of amides is 2. The van der Waals surface area contributed by atoms with E-state index >= 15 is 0 Å². The maximum atomic E-state index is 12.5. The van der Waals surface area contributed by atoms with E-state index < -0.39 is 6.04 Å². The highest BCUT2D eigenvalue weighted by Crippen LogP contribution is 2.26. The highest BCUT2D eigenvalue weighted by Gasteiger charge is 2.25. The normalized spacial score (nSPS) is 14.0. The molecule has 11 nitrogen and oxygen atoms in total. The lowest BCUT2D eigenvalue weighted by Gasteiger charge is -2.31. The van der Waals surface area contributed by atoms with Gasteiger partial charge in [0.2, 0.25) is 5.95 Å². The van der Waals surface area contributed by atoms with Crippen LogP contribution in [-0.2, 0) is 11.3 Å². The van der Waals surface area contributed by atoms with E-state index in [-0.39, 0.29) is 24.6 Å². The predicted octanol–water partition coefficient (Wildman–Crippen LogP) is 5.40. The summed E-state index contributed by atoms with van der Waals surface area (Å²) >= 11 is 0. The molecule has 5 rings (SSSR count). The van der Waals surface area contributed by atoms with E-state index in [2.05, 4.69) is 26.8 Å². The van der Waals surface area contributed by atoms with Crippen molar-refractivity contribution in [3.63, 3.8) is 0 Å². The molecule has 2 N–H and O–H groups in total. The van der Waals surface area contributed by atoms with Crippen molar-refractivity contribution in [1.82, 2.24) is 30.0 Å². The van der Waals surface area contributed by atoms with Crippen molar-refractivity contribution in [1.29, 1.82) is 5.26 Å². The summed E-state index contributed by atoms with van der Waals surface area (Å²) in [7, 11) is 0. The Morgan fingerprint density at radius 1 is 1.09 bits per heavy atom. The molecule has 1 saturated heterocycles. The fraction of sp³-hybridized carbons (Fsp3) is 0.312. The molecule has 2 aromatic heterocycles. The predicted molar refractivity (Wildman–Crippen MR) is 161 cm³/mol. The Kier molecular flexibility index (Phi) is 9.26. The van der Waals surface area contributed by atoms with Gasteiger partial charge in [-0.25, -0.2) is 14.8 Å². The summed E-state index contributed by atoms with van der Waals surface area (Å²) in [5, 5.41) is 19.6. The standard InChI is InChI=1S/C32H34N8O3/c1-3-26(17-33)36-30(41)25-11-9-24(10-12-25)29-22(2)18-34-31(38-29)37-27-19-35-40(20-27)28-13-15-39(16-14-28)32(42)43-21-23-7-5-4-6-8-23/h4-12,18-20,26,28H,3,13-16,21H2,1-2H3,(H,36,41)(H,34,37,38)/t26-/m0/s1. The molecule has 0 aliphatic carbocycles. The molecule has 220 valence electrons. The lowest BCUT2D eigenvalue weighted by molar-refractivity contribution is 0.0821. The number of carbonyl (C=O) groups is 2. The Morgan fingerprint density at radius 2 is 1.84 bits per heavy atom. The van der Waals surface area contributed by atoms with Gasteiger partial charge < -0.3 is 20.3 Å². The van der Waals surface area contributed by atoms with E-state index in [1.165, 1.54) is 0 Å². The van der Waals surface area contributed by atoms with Crippen molar-refractivity contribution in [3.8, 4) is 17.3 Å². The quantitative estimate of drug-likeness (QED) is 0.269. The zero-order chi connectivity index (χ0) is 30.2. The minimum absolute atomic E-state index is 0.166. The lowest BCUT2D eigenvalue weighted by atomic mass is 10.1. The second-order valence-corrected chi connectivity index (χ2v) is 10.5. The van der Waals surface area contributed by atoms with Crippen molar-refractivity contribution in [2.24, 2.45) is 0 Å². The van der Waals surface area contributed by atoms with Gasteiger partial charge in [-0.05, 0) is 49.4 Å². The molecule has 3 heterocycles. The van der Waals surface area contributed by atoms with Crippen LogP contribution in [-0.4, -0.2) is 55.8 Å². The molecule has 0 radical (unpaired) electrons. The average Bonchev–Trinajstić information content (AvgIpc) is 3.52. The maximum absolute atomic E-state index is 12.5. The van der Waals surface area contributed by atoms with Gasteiger partial charge in [0.25, 0.3) is 5.91 Å². The van der Waals surface area contributed by atoms with Gasteiger partial charge in [0.1, 0.15) is 12.6 Å². The van der Waals surface area contributed by atoms with Crippen LogP contribution >= 0.6 is 0 Å². The van der Waals surface area contributed by atoms with E-state index in [1.807, 2.05) is 67.2 Å². The summed E-state index contributed by atoms with van der Waals surface area (Å²) < 4.78 is 7.40. The molecule has 1 aliphatic rings. The van der Waals surface area contributed by atoms with Crippen molar-refractivity contribution < 1.29 is 14.3 Å². The molecule has 0 bridgehead atoms. The van der Waals surface area contributed by atoms with Gasteiger partial charge in [0.15, 0.2) is 0 Å². The summed E-state index contributed by atoms with van der Waals surface area (Å²) in [6.07, 6.45) is 7.21. The molecular weight excluding hydrogens is 544 g/mol. The Balaban J connectivity index is 1.16. The van der Waals surface area contributed by atoms with E-state index in [1.54, 1.807) is 29.4 Å². The van der Waals surface area contributed by atoms with Gasteiger partial charge in [0.05, 0.1) is 29.7 Å². The Morgan fingerprint density at radius 3 is 2.53 bits per heavy atom. The van der Waals surface area contributed by atoms with E-state index in [9.17, 15) is 9.59 Å². The Labute approximate surface area is 250 Å². The molecule has 2 aromatic carbocycles. The number of nitrogens with one attached hydrogen (secondary N) is 2. The zero-order valence-corrected chi connectivity index (χ0v) is 24.2. The fourth-order valence-corrected chi connectivity index (χ4v) is 4.90. The second kappa shape index (κ2) is 13.6. The molecule has 0 spiro atoms. The largest absolute Gasteiger partial charge is 0.445 e. The monoisotopic (exact) mass is 578 g/mol. The lowest BCUT2D eigenvalue weighted by Crippen LogP contribution is -2.39. The summed E-state index contributed by atoms with van der Waals surface area (Å²) in [5.74, 6) is 0.144. The number of hydrogen-bond acceptors (Lipinski definition) is 8. The van der Waals surface area contributed by atoms with E-state index in [4.69, 9.17) is 15.0 Å². The molecule has 0 unspecified atom stereocenters. The number of anilines is 2. The van der Waals surface area contributed by atoms with Crippen LogP contribution in [0, 0.1) is 18.3 Å². The molecular formula is C32H34N8O3. The number of piperidine rings is 1. The van der Waals surface area contributed by atoms with Gasteiger partial charge in [-0.2, -0.15) is 10.4 Å². The molecule has 0 saturated carbocycles. The van der Waals surface area contributed by atoms with Gasteiger partial charge in [-0.15, -0.1) is 0 Å². The van der Waals surface area contributed by atoms with E-state index in [0.717, 1.165) is 40.9 Å². The number of aryl methyl sites for hydroxylation is 1. The number of benzene rings is 2. The minimum Gasteiger partial charge on any atom is -0.445 e. The molecule has 1 fully saturated rings. The van der Waals surface area contributed by atoms with Crippen molar-refractivity contribution in [2.45, 2.75) is 51.8 Å². The highest BCUT2D eigenvalue weighted by molar-refractivity contribution is 5.95. The number of carbonyl (C=O) groups excluding carboxylic acids is 2. The number of likely N-dealkylation sites (tertiary alicyclic amines) is 1. The topological polar surface area (TPSA) is 138 Å². The summed E-state index contributed by atoms with van der Waals surface area (Å²) in [6, 6.07) is 18.5. The molecule has 1 aliphatic heterocycles. The first-order valence-corrected chi connectivity index (χ1v) is 14.3. The first-order chi connectivity index (χ1) is 20.9. The number of nitriles is 1. The molecule has 4 aromatic rings. The Bertz CT molecular complexity index is 1590. The third kappa shape index (κ3) is 7.35. The maximum Gasteiger partial charge on any atom is 0.410 e. The molecule has 1 atom stereocenters. The van der Waals surface area contributed by atoms with Gasteiger partial charge in [0, 0.05) is 36.6 Å². The first kappa shape index (κ1) is 29.3. The summed E-state index contributed by atoms with van der Waals surface area (Å²) in [6.45, 7) is 5.25. The van der Waals surface area contributed by atoms with Gasteiger partial charge >= 0.3 is 6.09 Å². The van der Waals surface area contributed by atoms with Crippen molar-refractivity contribution in [2.75, 3.05) is 18.4 Å². The zero-order valence-electron chi connectivity index (χ0n) is 24.2. The van der Waals surface area contributed by atoms with Crippen molar-refractivity contribution >= 4 is 23.6 Å². The van der Waals surface area contributed by atoms with Crippen LogP contribution in [0.3, 0.4) is 0 Å². The van der Waals surface area contributed by atoms with Crippen LogP contribution < -0.4 is 10.6 Å². The summed E-state index contributed by atoms with van der Waals surface area (Å²) in [5.41, 5.74) is 4.68. The smallest absolute Gasteiger partial charge is 0.410 e. The SMILES string of the molecule is CC[C@@H](C#N)NC(=O)c1ccc(-c2nc(Nc3cnn(C4CCN(C(=O)OCc5ccccc5)CC4)c3)ncc2C)cc1. The summed E-state index contributed by atoms with van der Waals surface area (Å²) in [4.78, 5) is 35.9. The van der Waals surface area contributed by atoms with Crippen LogP contribution in [0.1, 0.15) is 53.7 Å². The van der Waals surface area contributed by atoms with Crippen LogP contribution in [0.2, 0.25) is 0 Å². The van der Waals surface area contributed by atoms with Gasteiger partial charge in [-0.1, -0.05) is 49.4 Å². The fourth-order valence-electron chi connectivity index (χ4n) is 4.90. The highest BCUT2D eigenvalue weighted by atomic mass is 16.6. The molecule has 43 heavy (non-hydrogen) atoms. The molecule has 11 heteroatoms. The Hall–Kier alpha value is -5.24. The average molecular weight is 579 g/mol. The number of nitrogens with zero attached hydrogens (tertiary/aromatic N) is 6. The van der Waals surface area contributed by atoms with E-state index in [0.29, 0.717) is 31.0 Å². The third-order valence-corrected chi connectivity index (χ3v) is 7.42. The number of rotatable bonds is 9. The van der Waals surface area contributed by atoms with Crippen LogP contribution in [0.5, 0.6) is 0 Å². The van der Waals surface area contributed by atoms with Crippen molar-refractivity contribution in [3.05, 3.63) is 89.9 Å². The number of hydrogen-bond donors (Lipinski definition) is 2. The van der Waals surface area contributed by atoms with Crippen LogP contribution in [0.15, 0.2) is 73.2 Å². The number of ether oxygens (including phenoxy) is 1. The molecule has 2 amide bonds. The third-order valence-electron chi connectivity index (χ3n) is 7.42. The first-order valence-electron chi connectivity index (χ1n) is 14.3. The van der Waals surface area contributed by atoms with Crippen LogP contribution in [0.25, 0.3) is 11.3 Å². The minimum atomic E-state index is -0.518. The van der Waals surface area contributed by atoms with Crippen LogP contribution in [0.4, 0.5) is 16.4 Å². The second-order valence-electron chi connectivity index (χ2n) is 10.5. The van der Waals surface area contributed by atoms with Gasteiger partial charge in [-0.3, -0.25) is 9.48 Å². The number of aromatic nitrogens is 4.